The third-order valence-electron chi connectivity index (χ3n) is 4.20. The van der Waals surface area contributed by atoms with Gasteiger partial charge in [-0.05, 0) is 43.1 Å². The summed E-state index contributed by atoms with van der Waals surface area (Å²) < 4.78 is 0. The van der Waals surface area contributed by atoms with E-state index in [1.807, 2.05) is 11.8 Å². The average Bonchev–Trinajstić information content (AvgIpc) is 3.14. The average molecular weight is 292 g/mol. The number of hydrogen-bond donors (Lipinski definition) is 2. The maximum absolute atomic E-state index is 9.02. The van der Waals surface area contributed by atoms with Crippen molar-refractivity contribution in [2.75, 3.05) is 23.5 Å². The van der Waals surface area contributed by atoms with Gasteiger partial charge in [0.05, 0.1) is 5.56 Å². The highest BCUT2D eigenvalue weighted by Crippen LogP contribution is 2.30. The number of fused-ring (bicyclic) bond motifs is 1. The van der Waals surface area contributed by atoms with Crippen LogP contribution in [0.4, 0.5) is 5.82 Å². The Morgan fingerprint density at radius 1 is 1.55 bits per heavy atom. The van der Waals surface area contributed by atoms with Gasteiger partial charge in [0.15, 0.2) is 5.84 Å². The van der Waals surface area contributed by atoms with Crippen LogP contribution >= 0.6 is 11.8 Å². The Hall–Kier alpha value is -1.43. The first-order valence-corrected chi connectivity index (χ1v) is 8.17. The molecule has 3 N–H and O–H groups in total. The minimum atomic E-state index is 0.152. The van der Waals surface area contributed by atoms with E-state index < -0.39 is 0 Å². The molecule has 6 heteroatoms. The molecule has 2 aliphatic rings. The number of nitrogens with zero attached hydrogens (tertiary/aromatic N) is 3. The molecule has 1 aromatic rings. The Balaban J connectivity index is 2.03. The summed E-state index contributed by atoms with van der Waals surface area (Å²) in [6.07, 6.45) is 4.38. The minimum Gasteiger partial charge on any atom is -0.409 e. The fraction of sp³-hybridized carbons (Fsp3) is 0.571. The Morgan fingerprint density at radius 2 is 2.40 bits per heavy atom. The second-order valence-corrected chi connectivity index (χ2v) is 6.58. The van der Waals surface area contributed by atoms with E-state index >= 15 is 0 Å². The SMILES string of the molecule is CN(c1nc2c(cc1C(N)=NO)CCC2)C1CCSC1. The highest BCUT2D eigenvalue weighted by atomic mass is 32.2. The number of aromatic nitrogens is 1. The van der Waals surface area contributed by atoms with Gasteiger partial charge in [0.25, 0.3) is 0 Å². The van der Waals surface area contributed by atoms with Gasteiger partial charge in [-0.1, -0.05) is 5.16 Å². The van der Waals surface area contributed by atoms with Crippen LogP contribution in [0.15, 0.2) is 11.2 Å². The lowest BCUT2D eigenvalue weighted by atomic mass is 10.1. The number of hydrogen-bond acceptors (Lipinski definition) is 5. The van der Waals surface area contributed by atoms with Gasteiger partial charge >= 0.3 is 0 Å². The molecule has 108 valence electrons. The Bertz CT molecular complexity index is 540. The van der Waals surface area contributed by atoms with Gasteiger partial charge in [-0.3, -0.25) is 0 Å². The predicted molar refractivity (Wildman–Crippen MR) is 82.9 cm³/mol. The van der Waals surface area contributed by atoms with E-state index in [1.165, 1.54) is 17.0 Å². The van der Waals surface area contributed by atoms with Crippen molar-refractivity contribution in [3.8, 4) is 0 Å². The van der Waals surface area contributed by atoms with E-state index in [1.54, 1.807) is 0 Å². The van der Waals surface area contributed by atoms with Crippen molar-refractivity contribution >= 4 is 23.4 Å². The van der Waals surface area contributed by atoms with Crippen LogP contribution in [0.1, 0.15) is 29.7 Å². The zero-order valence-electron chi connectivity index (χ0n) is 11.7. The van der Waals surface area contributed by atoms with Crippen molar-refractivity contribution in [1.82, 2.24) is 4.98 Å². The van der Waals surface area contributed by atoms with Crippen LogP contribution in [0.25, 0.3) is 0 Å². The summed E-state index contributed by atoms with van der Waals surface area (Å²) in [5, 5.41) is 12.2. The van der Waals surface area contributed by atoms with Crippen LogP contribution in [0.2, 0.25) is 0 Å². The highest BCUT2D eigenvalue weighted by Gasteiger charge is 2.26. The molecule has 1 saturated heterocycles. The maximum atomic E-state index is 9.02. The second kappa shape index (κ2) is 5.52. The number of anilines is 1. The summed E-state index contributed by atoms with van der Waals surface area (Å²) in [7, 11) is 2.06. The molecule has 0 amide bonds. The van der Waals surface area contributed by atoms with Crippen LogP contribution in [0.3, 0.4) is 0 Å². The lowest BCUT2D eigenvalue weighted by Crippen LogP contribution is -2.34. The van der Waals surface area contributed by atoms with Gasteiger partial charge < -0.3 is 15.8 Å². The van der Waals surface area contributed by atoms with Crippen LogP contribution in [-0.4, -0.2) is 40.6 Å². The van der Waals surface area contributed by atoms with E-state index in [9.17, 15) is 0 Å². The number of rotatable bonds is 3. The largest absolute Gasteiger partial charge is 0.409 e. The first-order valence-electron chi connectivity index (χ1n) is 7.02. The van der Waals surface area contributed by atoms with E-state index in [2.05, 4.69) is 23.2 Å². The molecule has 0 aromatic carbocycles. The summed E-state index contributed by atoms with van der Waals surface area (Å²) in [4.78, 5) is 7.01. The Morgan fingerprint density at radius 3 is 3.10 bits per heavy atom. The summed E-state index contributed by atoms with van der Waals surface area (Å²) in [5.41, 5.74) is 9.02. The van der Waals surface area contributed by atoms with Gasteiger partial charge in [-0.25, -0.2) is 4.98 Å². The molecule has 1 aliphatic carbocycles. The molecule has 1 fully saturated rings. The van der Waals surface area contributed by atoms with Gasteiger partial charge in [0, 0.05) is 24.5 Å². The molecule has 0 saturated carbocycles. The van der Waals surface area contributed by atoms with E-state index in [4.69, 9.17) is 15.9 Å². The van der Waals surface area contributed by atoms with Crippen molar-refractivity contribution in [3.63, 3.8) is 0 Å². The second-order valence-electron chi connectivity index (χ2n) is 5.43. The standard InChI is InChI=1S/C14H20N4OS/c1-18(10-5-6-20-8-10)14-11(13(15)17-19)7-9-3-2-4-12(9)16-14/h7,10,19H,2-6,8H2,1H3,(H2,15,17). The summed E-state index contributed by atoms with van der Waals surface area (Å²) in [6, 6.07) is 2.54. The minimum absolute atomic E-state index is 0.152. The molecule has 2 heterocycles. The van der Waals surface area contributed by atoms with E-state index in [0.29, 0.717) is 6.04 Å². The van der Waals surface area contributed by atoms with Crippen LogP contribution in [0.5, 0.6) is 0 Å². The number of oxime groups is 1. The number of thioether (sulfide) groups is 1. The molecule has 1 unspecified atom stereocenters. The summed E-state index contributed by atoms with van der Waals surface area (Å²) >= 11 is 1.97. The van der Waals surface area contributed by atoms with Crippen LogP contribution in [-0.2, 0) is 12.8 Å². The molecule has 1 atom stereocenters. The van der Waals surface area contributed by atoms with E-state index in [-0.39, 0.29) is 5.84 Å². The molecule has 0 radical (unpaired) electrons. The number of nitrogens with two attached hydrogens (primary N) is 1. The highest BCUT2D eigenvalue weighted by molar-refractivity contribution is 7.99. The topological polar surface area (TPSA) is 74.7 Å². The molecule has 3 rings (SSSR count). The number of amidine groups is 1. The van der Waals surface area contributed by atoms with Gasteiger partial charge in [-0.15, -0.1) is 0 Å². The first kappa shape index (κ1) is 13.5. The molecular formula is C14H20N4OS. The van der Waals surface area contributed by atoms with Crippen LogP contribution < -0.4 is 10.6 Å². The van der Waals surface area contributed by atoms with Gasteiger partial charge in [0.1, 0.15) is 5.82 Å². The molecule has 1 aromatic heterocycles. The Labute approximate surface area is 123 Å². The quantitative estimate of drug-likeness (QED) is 0.383. The van der Waals surface area contributed by atoms with E-state index in [0.717, 1.165) is 42.8 Å². The monoisotopic (exact) mass is 292 g/mol. The fourth-order valence-corrected chi connectivity index (χ4v) is 4.24. The van der Waals surface area contributed by atoms with Crippen molar-refractivity contribution in [2.24, 2.45) is 10.9 Å². The third-order valence-corrected chi connectivity index (χ3v) is 5.35. The third kappa shape index (κ3) is 2.32. The van der Waals surface area contributed by atoms with Crippen molar-refractivity contribution in [2.45, 2.75) is 31.7 Å². The van der Waals surface area contributed by atoms with Crippen molar-refractivity contribution < 1.29 is 5.21 Å². The molecule has 0 spiro atoms. The van der Waals surface area contributed by atoms with Crippen LogP contribution in [0, 0.1) is 0 Å². The zero-order valence-corrected chi connectivity index (χ0v) is 12.5. The molecular weight excluding hydrogens is 272 g/mol. The molecule has 20 heavy (non-hydrogen) atoms. The van der Waals surface area contributed by atoms with Gasteiger partial charge in [-0.2, -0.15) is 11.8 Å². The number of pyridine rings is 1. The summed E-state index contributed by atoms with van der Waals surface area (Å²) in [6.45, 7) is 0. The molecule has 0 bridgehead atoms. The number of aryl methyl sites for hydroxylation is 2. The normalized spacial score (nSPS) is 22.1. The molecule has 1 aliphatic heterocycles. The van der Waals surface area contributed by atoms with Crippen molar-refractivity contribution in [1.29, 1.82) is 0 Å². The predicted octanol–water partition coefficient (Wildman–Crippen LogP) is 1.61. The van der Waals surface area contributed by atoms with Crippen molar-refractivity contribution in [3.05, 3.63) is 22.9 Å². The van der Waals surface area contributed by atoms with Gasteiger partial charge in [0.2, 0.25) is 0 Å². The lowest BCUT2D eigenvalue weighted by molar-refractivity contribution is 0.318. The fourth-order valence-electron chi connectivity index (χ4n) is 2.97. The molecule has 5 nitrogen and oxygen atoms in total. The first-order chi connectivity index (χ1) is 9.70. The lowest BCUT2D eigenvalue weighted by Gasteiger charge is -2.27. The maximum Gasteiger partial charge on any atom is 0.173 e. The smallest absolute Gasteiger partial charge is 0.173 e. The zero-order chi connectivity index (χ0) is 14.1. The summed E-state index contributed by atoms with van der Waals surface area (Å²) in [5.74, 6) is 3.32. The Kier molecular flexibility index (Phi) is 3.74.